The molecule has 2 rings (SSSR count). The normalized spacial score (nSPS) is 18.8. The molecule has 1 aliphatic rings. The topological polar surface area (TPSA) is 75.0 Å². The van der Waals surface area contributed by atoms with E-state index in [9.17, 15) is 26.4 Å². The highest BCUT2D eigenvalue weighted by Gasteiger charge is 2.50. The van der Waals surface area contributed by atoms with Crippen molar-refractivity contribution in [3.05, 3.63) is 46.5 Å². The highest BCUT2D eigenvalue weighted by molar-refractivity contribution is 9.12. The van der Waals surface area contributed by atoms with Crippen LogP contribution in [0.25, 0.3) is 5.57 Å². The van der Waals surface area contributed by atoms with Gasteiger partial charge >= 0.3 is 6.18 Å². The number of carbonyl (C=O) groups is 1. The summed E-state index contributed by atoms with van der Waals surface area (Å²) >= 11 is 9.82. The fourth-order valence-corrected chi connectivity index (χ4v) is 5.09. The molecule has 0 aromatic heterocycles. The van der Waals surface area contributed by atoms with Crippen LogP contribution in [-0.2, 0) is 14.6 Å². The first-order chi connectivity index (χ1) is 13.8. The summed E-state index contributed by atoms with van der Waals surface area (Å²) in [6.45, 7) is 0. The van der Waals surface area contributed by atoms with Crippen molar-refractivity contribution in [1.82, 2.24) is 0 Å². The van der Waals surface area contributed by atoms with E-state index in [1.807, 2.05) is 0 Å². The quantitative estimate of drug-likeness (QED) is 0.407. The van der Waals surface area contributed by atoms with Crippen molar-refractivity contribution in [3.8, 4) is 6.07 Å². The molecule has 161 valence electrons. The second-order valence-electron chi connectivity index (χ2n) is 6.52. The average molecular weight is 633 g/mol. The van der Waals surface area contributed by atoms with Gasteiger partial charge in [0.25, 0.3) is 0 Å². The number of ketones is 1. The van der Waals surface area contributed by atoms with Crippen LogP contribution in [0.5, 0.6) is 0 Å². The van der Waals surface area contributed by atoms with Gasteiger partial charge in [0.1, 0.15) is 5.92 Å². The molecule has 4 nitrogen and oxygen atoms in total. The van der Waals surface area contributed by atoms with E-state index in [1.54, 1.807) is 6.07 Å². The lowest BCUT2D eigenvalue weighted by Crippen LogP contribution is -2.35. The minimum absolute atomic E-state index is 0.0198. The van der Waals surface area contributed by atoms with Gasteiger partial charge in [0.05, 0.1) is 16.5 Å². The zero-order valence-electron chi connectivity index (χ0n) is 15.4. The van der Waals surface area contributed by atoms with Crippen LogP contribution in [0.3, 0.4) is 0 Å². The number of allylic oxidation sites excluding steroid dienone is 4. The number of halogens is 6. The van der Waals surface area contributed by atoms with Crippen molar-refractivity contribution in [1.29, 1.82) is 5.26 Å². The highest BCUT2D eigenvalue weighted by atomic mass is 79.9. The molecule has 0 saturated carbocycles. The third kappa shape index (κ3) is 5.44. The van der Waals surface area contributed by atoms with Crippen LogP contribution in [0.2, 0.25) is 0 Å². The summed E-state index contributed by atoms with van der Waals surface area (Å²) in [4.78, 5) is 11.7. The van der Waals surface area contributed by atoms with E-state index in [4.69, 9.17) is 5.26 Å². The molecule has 30 heavy (non-hydrogen) atoms. The van der Waals surface area contributed by atoms with Gasteiger partial charge in [-0.15, -0.1) is 0 Å². The molecule has 1 aliphatic carbocycles. The van der Waals surface area contributed by atoms with Crippen molar-refractivity contribution < 1.29 is 26.4 Å². The van der Waals surface area contributed by atoms with Crippen molar-refractivity contribution >= 4 is 69.0 Å². The lowest BCUT2D eigenvalue weighted by atomic mass is 9.77. The summed E-state index contributed by atoms with van der Waals surface area (Å²) < 4.78 is 66.7. The van der Waals surface area contributed by atoms with Crippen LogP contribution in [0, 0.1) is 23.3 Å². The largest absolute Gasteiger partial charge is 0.402 e. The minimum Gasteiger partial charge on any atom is -0.293 e. The second kappa shape index (κ2) is 9.67. The Morgan fingerprint density at radius 2 is 1.93 bits per heavy atom. The van der Waals surface area contributed by atoms with Gasteiger partial charge in [-0.1, -0.05) is 53.9 Å². The molecule has 0 aliphatic heterocycles. The van der Waals surface area contributed by atoms with Crippen LogP contribution in [-0.4, -0.2) is 42.1 Å². The van der Waals surface area contributed by atoms with Crippen molar-refractivity contribution in [2.75, 3.05) is 16.9 Å². The van der Waals surface area contributed by atoms with Crippen LogP contribution < -0.4 is 0 Å². The summed E-state index contributed by atoms with van der Waals surface area (Å²) in [7, 11) is -4.01. The van der Waals surface area contributed by atoms with Gasteiger partial charge in [-0.3, -0.25) is 4.79 Å². The van der Waals surface area contributed by atoms with Crippen LogP contribution >= 0.6 is 47.8 Å². The summed E-state index contributed by atoms with van der Waals surface area (Å²) in [5.74, 6) is -3.84. The van der Waals surface area contributed by atoms with Gasteiger partial charge < -0.3 is 0 Å². The molecule has 0 spiro atoms. The molecule has 2 unspecified atom stereocenters. The molecule has 0 heterocycles. The SMILES string of the molecule is CS(=O)(=O)c1cc(C#N)ccc1C1=C(CC(Br)CBr)C(CBr)=[C]C(=O)C1C(F)(F)F. The Morgan fingerprint density at radius 3 is 2.40 bits per heavy atom. The number of alkyl halides is 6. The maximum Gasteiger partial charge on any atom is 0.402 e. The lowest BCUT2D eigenvalue weighted by molar-refractivity contribution is -0.166. The Bertz CT molecular complexity index is 1070. The van der Waals surface area contributed by atoms with Gasteiger partial charge in [0, 0.05) is 27.8 Å². The molecule has 2 atom stereocenters. The smallest absolute Gasteiger partial charge is 0.293 e. The summed E-state index contributed by atoms with van der Waals surface area (Å²) in [6, 6.07) is 5.20. The number of hydrogen-bond acceptors (Lipinski definition) is 4. The van der Waals surface area contributed by atoms with Crippen LogP contribution in [0.4, 0.5) is 13.2 Å². The van der Waals surface area contributed by atoms with E-state index in [2.05, 4.69) is 53.9 Å². The number of carbonyl (C=O) groups excluding carboxylic acids is 1. The summed E-state index contributed by atoms with van der Waals surface area (Å²) in [5.41, 5.74) is -0.268. The number of Topliss-reactive ketones (excluding diaryl/α,β-unsaturated/α-hetero) is 1. The zero-order valence-corrected chi connectivity index (χ0v) is 20.9. The first kappa shape index (κ1) is 25.3. The number of nitrogens with zero attached hydrogens (tertiary/aromatic N) is 1. The molecule has 0 bridgehead atoms. The van der Waals surface area contributed by atoms with E-state index in [0.29, 0.717) is 5.33 Å². The molecular formula is C19H14Br3F3NO3S. The second-order valence-corrected chi connectivity index (χ2v) is 11.0. The highest BCUT2D eigenvalue weighted by Crippen LogP contribution is 2.47. The van der Waals surface area contributed by atoms with E-state index in [0.717, 1.165) is 18.4 Å². The fraction of sp³-hybridized carbons (Fsp3) is 0.368. The number of nitriles is 1. The molecule has 1 aromatic rings. The minimum atomic E-state index is -4.96. The van der Waals surface area contributed by atoms with Gasteiger partial charge in [-0.2, -0.15) is 18.4 Å². The Kier molecular flexibility index (Phi) is 8.16. The molecule has 1 aromatic carbocycles. The van der Waals surface area contributed by atoms with Crippen LogP contribution in [0.15, 0.2) is 34.2 Å². The van der Waals surface area contributed by atoms with E-state index >= 15 is 0 Å². The molecule has 11 heteroatoms. The number of rotatable bonds is 6. The predicted octanol–water partition coefficient (Wildman–Crippen LogP) is 5.15. The monoisotopic (exact) mass is 630 g/mol. The Balaban J connectivity index is 3.00. The molecule has 0 amide bonds. The summed E-state index contributed by atoms with van der Waals surface area (Å²) in [6.07, 6.45) is -1.72. The number of sulfone groups is 1. The van der Waals surface area contributed by atoms with Crippen LogP contribution in [0.1, 0.15) is 17.5 Å². The first-order valence-corrected chi connectivity index (χ1v) is 13.4. The van der Waals surface area contributed by atoms with Gasteiger partial charge in [-0.05, 0) is 40.8 Å². The van der Waals surface area contributed by atoms with E-state index in [1.165, 1.54) is 6.07 Å². The average Bonchev–Trinajstić information content (AvgIpc) is 2.66. The molecule has 0 fully saturated rings. The van der Waals surface area contributed by atoms with Gasteiger partial charge in [-0.25, -0.2) is 8.42 Å². The van der Waals surface area contributed by atoms with Crippen molar-refractivity contribution in [2.45, 2.75) is 22.3 Å². The Labute approximate surface area is 197 Å². The molecule has 1 radical (unpaired) electrons. The zero-order chi connectivity index (χ0) is 22.9. The maximum absolute atomic E-state index is 14.0. The number of benzene rings is 1. The van der Waals surface area contributed by atoms with Gasteiger partial charge in [0.15, 0.2) is 15.6 Å². The van der Waals surface area contributed by atoms with E-state index < -0.39 is 38.2 Å². The Morgan fingerprint density at radius 1 is 1.30 bits per heavy atom. The predicted molar refractivity (Wildman–Crippen MR) is 117 cm³/mol. The first-order valence-electron chi connectivity index (χ1n) is 8.32. The fourth-order valence-electron chi connectivity index (χ4n) is 3.14. The Hall–Kier alpha value is -0.960. The summed E-state index contributed by atoms with van der Waals surface area (Å²) in [5, 5.41) is 9.59. The van der Waals surface area contributed by atoms with Crippen molar-refractivity contribution in [2.24, 2.45) is 5.92 Å². The van der Waals surface area contributed by atoms with E-state index in [-0.39, 0.29) is 38.9 Å². The standard InChI is InChI=1S/C19H14Br3F3NO3S/c1-30(28,29)16-4-10(9-26)2-3-13(16)17-14(6-12(22)8-21)11(7-20)5-15(27)18(17)19(23,24)25/h2-4,12,18H,6-8H2,1H3. The third-order valence-electron chi connectivity index (χ3n) is 4.37. The lowest BCUT2D eigenvalue weighted by Gasteiger charge is -2.30. The van der Waals surface area contributed by atoms with Crippen molar-refractivity contribution in [3.63, 3.8) is 0 Å². The van der Waals surface area contributed by atoms with Gasteiger partial charge in [0.2, 0.25) is 0 Å². The molecular weight excluding hydrogens is 619 g/mol. The maximum atomic E-state index is 14.0. The third-order valence-corrected chi connectivity index (χ3v) is 8.36. The molecule has 0 N–H and O–H groups in total. The molecule has 0 saturated heterocycles. The number of hydrogen-bond donors (Lipinski definition) is 0.